The van der Waals surface area contributed by atoms with E-state index in [2.05, 4.69) is 17.9 Å². The Labute approximate surface area is 173 Å². The number of fused-ring (bicyclic) bond motifs is 1. The molecule has 0 radical (unpaired) electrons. The third kappa shape index (κ3) is 4.45. The average Bonchev–Trinajstić information content (AvgIpc) is 3.09. The molecule has 2 amide bonds. The van der Waals surface area contributed by atoms with Crippen molar-refractivity contribution in [2.45, 2.75) is 71.1 Å². The monoisotopic (exact) mass is 402 g/mol. The van der Waals surface area contributed by atoms with Crippen molar-refractivity contribution in [2.24, 2.45) is 11.8 Å². The fraction of sp³-hybridized carbons (Fsp3) is 0.739. The second-order valence-electron chi connectivity index (χ2n) is 9.07. The molecule has 3 aliphatic rings. The molecule has 2 aliphatic heterocycles. The zero-order chi connectivity index (χ0) is 19.5. The smallest absolute Gasteiger partial charge is 0.263 e. The molecule has 154 valence electrons. The molecule has 3 heterocycles. The summed E-state index contributed by atoms with van der Waals surface area (Å²) in [7, 11) is 0. The maximum absolute atomic E-state index is 13.1. The van der Waals surface area contributed by atoms with Crippen molar-refractivity contribution in [1.29, 1.82) is 0 Å². The van der Waals surface area contributed by atoms with Crippen LogP contribution < -0.4 is 0 Å². The highest BCUT2D eigenvalue weighted by atomic mass is 32.1. The van der Waals surface area contributed by atoms with E-state index in [1.807, 2.05) is 4.90 Å². The topological polar surface area (TPSA) is 40.6 Å². The van der Waals surface area contributed by atoms with Crippen LogP contribution in [0.5, 0.6) is 0 Å². The number of rotatable bonds is 2. The zero-order valence-corrected chi connectivity index (χ0v) is 18.1. The summed E-state index contributed by atoms with van der Waals surface area (Å²) in [6, 6.07) is 2.17. The number of amides is 2. The van der Waals surface area contributed by atoms with Crippen LogP contribution in [0.15, 0.2) is 6.07 Å². The van der Waals surface area contributed by atoms with E-state index in [9.17, 15) is 9.59 Å². The first-order chi connectivity index (χ1) is 13.6. The molecule has 5 heteroatoms. The lowest BCUT2D eigenvalue weighted by Gasteiger charge is -2.37. The standard InChI is InChI=1S/C23H34N2O2S/c1-17-7-6-12-25(16-17)22(26)18-10-13-24(14-11-18)23(27)21-15-19-8-4-2-3-5-9-20(19)28-21/h15,17-18H,2-14,16H2,1H3. The lowest BCUT2D eigenvalue weighted by Crippen LogP contribution is -2.46. The number of nitrogens with zero attached hydrogens (tertiary/aromatic N) is 2. The Morgan fingerprint density at radius 3 is 2.43 bits per heavy atom. The molecule has 2 saturated heterocycles. The van der Waals surface area contributed by atoms with Gasteiger partial charge in [-0.05, 0) is 68.9 Å². The van der Waals surface area contributed by atoms with E-state index in [1.165, 1.54) is 42.5 Å². The fourth-order valence-corrected chi connectivity index (χ4v) is 6.30. The van der Waals surface area contributed by atoms with Gasteiger partial charge in [-0.15, -0.1) is 11.3 Å². The fourth-order valence-electron chi connectivity index (χ4n) is 5.08. The van der Waals surface area contributed by atoms with Gasteiger partial charge in [0.2, 0.25) is 5.91 Å². The van der Waals surface area contributed by atoms with Crippen LogP contribution in [0.4, 0.5) is 0 Å². The van der Waals surface area contributed by atoms with Crippen molar-refractivity contribution in [3.8, 4) is 0 Å². The third-order valence-electron chi connectivity index (χ3n) is 6.81. The molecule has 0 spiro atoms. The Bertz CT molecular complexity index is 680. The Kier molecular flexibility index (Phi) is 6.39. The van der Waals surface area contributed by atoms with Crippen LogP contribution in [0.2, 0.25) is 0 Å². The molecule has 0 N–H and O–H groups in total. The van der Waals surface area contributed by atoms with Crippen molar-refractivity contribution in [2.75, 3.05) is 26.2 Å². The number of aryl methyl sites for hydroxylation is 2. The van der Waals surface area contributed by atoms with Crippen LogP contribution in [-0.4, -0.2) is 47.8 Å². The molecule has 4 rings (SSSR count). The summed E-state index contributed by atoms with van der Waals surface area (Å²) in [6.45, 7) is 5.52. The third-order valence-corrected chi connectivity index (χ3v) is 8.03. The van der Waals surface area contributed by atoms with E-state index < -0.39 is 0 Å². The van der Waals surface area contributed by atoms with Gasteiger partial charge in [0, 0.05) is 37.0 Å². The maximum atomic E-state index is 13.1. The van der Waals surface area contributed by atoms with Crippen LogP contribution in [0.25, 0.3) is 0 Å². The van der Waals surface area contributed by atoms with Crippen LogP contribution >= 0.6 is 11.3 Å². The summed E-state index contributed by atoms with van der Waals surface area (Å²) >= 11 is 1.72. The summed E-state index contributed by atoms with van der Waals surface area (Å²) in [5.41, 5.74) is 1.41. The quantitative estimate of drug-likeness (QED) is 0.730. The second kappa shape index (κ2) is 8.98. The molecule has 1 aliphatic carbocycles. The molecule has 0 aromatic carbocycles. The highest BCUT2D eigenvalue weighted by molar-refractivity contribution is 7.14. The first kappa shape index (κ1) is 19.9. The van der Waals surface area contributed by atoms with E-state index in [0.29, 0.717) is 11.8 Å². The highest BCUT2D eigenvalue weighted by Crippen LogP contribution is 2.31. The van der Waals surface area contributed by atoms with Gasteiger partial charge in [-0.1, -0.05) is 19.8 Å². The minimum atomic E-state index is 0.109. The van der Waals surface area contributed by atoms with Gasteiger partial charge in [-0.25, -0.2) is 0 Å². The van der Waals surface area contributed by atoms with Gasteiger partial charge < -0.3 is 9.80 Å². The van der Waals surface area contributed by atoms with Gasteiger partial charge in [0.15, 0.2) is 0 Å². The first-order valence-electron chi connectivity index (χ1n) is 11.3. The number of piperidine rings is 2. The Balaban J connectivity index is 1.34. The molecule has 1 aromatic heterocycles. The number of thiophene rings is 1. The molecular formula is C23H34N2O2S. The van der Waals surface area contributed by atoms with Gasteiger partial charge in [0.05, 0.1) is 4.88 Å². The van der Waals surface area contributed by atoms with E-state index >= 15 is 0 Å². The summed E-state index contributed by atoms with van der Waals surface area (Å²) in [6.07, 6.45) is 11.4. The second-order valence-corrected chi connectivity index (χ2v) is 10.2. The van der Waals surface area contributed by atoms with Crippen molar-refractivity contribution in [3.63, 3.8) is 0 Å². The van der Waals surface area contributed by atoms with E-state index in [-0.39, 0.29) is 11.8 Å². The molecular weight excluding hydrogens is 368 g/mol. The molecule has 0 saturated carbocycles. The zero-order valence-electron chi connectivity index (χ0n) is 17.3. The van der Waals surface area contributed by atoms with Crippen molar-refractivity contribution < 1.29 is 9.59 Å². The Morgan fingerprint density at radius 2 is 1.68 bits per heavy atom. The lowest BCUT2D eigenvalue weighted by atomic mass is 9.92. The van der Waals surface area contributed by atoms with Crippen LogP contribution in [0.3, 0.4) is 0 Å². The number of likely N-dealkylation sites (tertiary alicyclic amines) is 2. The summed E-state index contributed by atoms with van der Waals surface area (Å²) < 4.78 is 0. The Morgan fingerprint density at radius 1 is 0.929 bits per heavy atom. The normalized spacial score (nSPS) is 24.4. The number of carbonyl (C=O) groups is 2. The van der Waals surface area contributed by atoms with Crippen molar-refractivity contribution >= 4 is 23.2 Å². The van der Waals surface area contributed by atoms with Gasteiger partial charge in [-0.3, -0.25) is 9.59 Å². The molecule has 1 atom stereocenters. The van der Waals surface area contributed by atoms with E-state index in [1.54, 1.807) is 11.3 Å². The van der Waals surface area contributed by atoms with Gasteiger partial charge >= 0.3 is 0 Å². The average molecular weight is 403 g/mol. The number of hydrogen-bond donors (Lipinski definition) is 0. The van der Waals surface area contributed by atoms with Gasteiger partial charge in [-0.2, -0.15) is 0 Å². The van der Waals surface area contributed by atoms with Crippen LogP contribution in [0.1, 0.15) is 78.4 Å². The van der Waals surface area contributed by atoms with Crippen molar-refractivity contribution in [3.05, 3.63) is 21.4 Å². The minimum Gasteiger partial charge on any atom is -0.342 e. The lowest BCUT2D eigenvalue weighted by molar-refractivity contribution is -0.138. The van der Waals surface area contributed by atoms with Crippen LogP contribution in [0, 0.1) is 11.8 Å². The molecule has 1 unspecified atom stereocenters. The molecule has 28 heavy (non-hydrogen) atoms. The van der Waals surface area contributed by atoms with Crippen LogP contribution in [-0.2, 0) is 17.6 Å². The van der Waals surface area contributed by atoms with Gasteiger partial charge in [0.25, 0.3) is 5.91 Å². The maximum Gasteiger partial charge on any atom is 0.263 e. The van der Waals surface area contributed by atoms with E-state index in [4.69, 9.17) is 0 Å². The number of carbonyl (C=O) groups excluding carboxylic acids is 2. The summed E-state index contributed by atoms with van der Waals surface area (Å²) in [5.74, 6) is 1.25. The number of hydrogen-bond acceptors (Lipinski definition) is 3. The molecule has 0 bridgehead atoms. The Hall–Kier alpha value is -1.36. The summed E-state index contributed by atoms with van der Waals surface area (Å²) in [5, 5.41) is 0. The predicted molar refractivity (Wildman–Crippen MR) is 114 cm³/mol. The predicted octanol–water partition coefficient (Wildman–Crippen LogP) is 4.52. The molecule has 4 nitrogen and oxygen atoms in total. The summed E-state index contributed by atoms with van der Waals surface area (Å²) in [4.78, 5) is 32.3. The van der Waals surface area contributed by atoms with Crippen molar-refractivity contribution in [1.82, 2.24) is 9.80 Å². The largest absolute Gasteiger partial charge is 0.342 e. The highest BCUT2D eigenvalue weighted by Gasteiger charge is 2.32. The first-order valence-corrected chi connectivity index (χ1v) is 12.1. The van der Waals surface area contributed by atoms with E-state index in [0.717, 1.165) is 63.2 Å². The molecule has 2 fully saturated rings. The molecule has 1 aromatic rings. The van der Waals surface area contributed by atoms with Gasteiger partial charge in [0.1, 0.15) is 0 Å². The SMILES string of the molecule is CC1CCCN(C(=O)C2CCN(C(=O)c3cc4c(s3)CCCCCC4)CC2)C1. The minimum absolute atomic E-state index is 0.109.